The summed E-state index contributed by atoms with van der Waals surface area (Å²) in [6, 6.07) is 5.14. The Morgan fingerprint density at radius 3 is 2.83 bits per heavy atom. The van der Waals surface area contributed by atoms with Crippen molar-refractivity contribution in [2.24, 2.45) is 0 Å². The van der Waals surface area contributed by atoms with Gasteiger partial charge in [-0.1, -0.05) is 11.6 Å². The average molecular weight is 246 g/mol. The van der Waals surface area contributed by atoms with Crippen LogP contribution in [0.2, 0.25) is 0 Å². The van der Waals surface area contributed by atoms with E-state index in [4.69, 9.17) is 10.5 Å². The first kappa shape index (κ1) is 12.5. The highest BCUT2D eigenvalue weighted by Crippen LogP contribution is 2.23. The summed E-state index contributed by atoms with van der Waals surface area (Å²) in [6.07, 6.45) is 3.04. The molecule has 0 atom stereocenters. The van der Waals surface area contributed by atoms with Gasteiger partial charge in [0.25, 0.3) is 5.91 Å². The third-order valence-corrected chi connectivity index (χ3v) is 3.20. The summed E-state index contributed by atoms with van der Waals surface area (Å²) in [5.41, 5.74) is 8.24. The van der Waals surface area contributed by atoms with Crippen LogP contribution in [0.4, 0.5) is 5.69 Å². The monoisotopic (exact) mass is 246 g/mol. The number of hydrogen-bond donors (Lipinski definition) is 1. The average Bonchev–Trinajstić information content (AvgIpc) is 2.39. The molecule has 96 valence electrons. The summed E-state index contributed by atoms with van der Waals surface area (Å²) in [5, 5.41) is 0. The highest BCUT2D eigenvalue weighted by Gasteiger charge is 2.18. The lowest BCUT2D eigenvalue weighted by Crippen LogP contribution is -2.34. The Kier molecular flexibility index (Phi) is 3.55. The smallest absolute Gasteiger partial charge is 0.254 e. The van der Waals surface area contributed by atoms with Crippen LogP contribution in [0.25, 0.3) is 0 Å². The van der Waals surface area contributed by atoms with Gasteiger partial charge in [0.1, 0.15) is 5.75 Å². The van der Waals surface area contributed by atoms with Crippen LogP contribution in [-0.4, -0.2) is 31.0 Å². The fraction of sp³-hybridized carbons (Fsp3) is 0.357. The molecule has 0 spiro atoms. The number of amides is 1. The van der Waals surface area contributed by atoms with Gasteiger partial charge in [0.15, 0.2) is 0 Å². The molecule has 18 heavy (non-hydrogen) atoms. The SMILES string of the molecule is COc1cc(C(=O)N2CC=C(C)CC2)ccc1N. The summed E-state index contributed by atoms with van der Waals surface area (Å²) in [4.78, 5) is 14.1. The Hall–Kier alpha value is -1.97. The van der Waals surface area contributed by atoms with E-state index in [0.717, 1.165) is 13.0 Å². The lowest BCUT2D eigenvalue weighted by Gasteiger charge is -2.25. The molecule has 0 saturated heterocycles. The van der Waals surface area contributed by atoms with Crippen molar-refractivity contribution in [2.45, 2.75) is 13.3 Å². The van der Waals surface area contributed by atoms with Crippen LogP contribution in [-0.2, 0) is 0 Å². The quantitative estimate of drug-likeness (QED) is 0.642. The Bertz CT molecular complexity index is 495. The number of nitrogens with two attached hydrogens (primary N) is 1. The maximum Gasteiger partial charge on any atom is 0.254 e. The highest BCUT2D eigenvalue weighted by molar-refractivity contribution is 5.95. The molecule has 1 aromatic rings. The molecule has 1 amide bonds. The minimum absolute atomic E-state index is 0.0250. The van der Waals surface area contributed by atoms with Gasteiger partial charge in [-0.15, -0.1) is 0 Å². The van der Waals surface area contributed by atoms with E-state index >= 15 is 0 Å². The fourth-order valence-electron chi connectivity index (χ4n) is 1.98. The fourth-order valence-corrected chi connectivity index (χ4v) is 1.98. The van der Waals surface area contributed by atoms with Crippen LogP contribution in [0.1, 0.15) is 23.7 Å². The number of carbonyl (C=O) groups is 1. The minimum atomic E-state index is 0.0250. The standard InChI is InChI=1S/C14H18N2O2/c1-10-5-7-16(8-6-10)14(17)11-3-4-12(15)13(9-11)18-2/h3-5,9H,6-8,15H2,1-2H3. The third kappa shape index (κ3) is 2.47. The number of ether oxygens (including phenoxy) is 1. The molecule has 0 saturated carbocycles. The Morgan fingerprint density at radius 1 is 1.44 bits per heavy atom. The van der Waals surface area contributed by atoms with E-state index in [1.807, 2.05) is 4.90 Å². The van der Waals surface area contributed by atoms with Crippen LogP contribution >= 0.6 is 0 Å². The molecule has 1 aromatic carbocycles. The van der Waals surface area contributed by atoms with Gasteiger partial charge in [-0.25, -0.2) is 0 Å². The molecule has 0 radical (unpaired) electrons. The summed E-state index contributed by atoms with van der Waals surface area (Å²) >= 11 is 0. The van der Waals surface area contributed by atoms with Gasteiger partial charge in [0, 0.05) is 18.7 Å². The van der Waals surface area contributed by atoms with Crippen molar-refractivity contribution < 1.29 is 9.53 Å². The van der Waals surface area contributed by atoms with Crippen LogP contribution in [0.3, 0.4) is 0 Å². The summed E-state index contributed by atoms with van der Waals surface area (Å²) in [7, 11) is 1.55. The van der Waals surface area contributed by atoms with Crippen LogP contribution in [0.5, 0.6) is 5.75 Å². The molecule has 0 unspecified atom stereocenters. The Morgan fingerprint density at radius 2 is 2.22 bits per heavy atom. The zero-order chi connectivity index (χ0) is 13.1. The van der Waals surface area contributed by atoms with Crippen molar-refractivity contribution in [3.8, 4) is 5.75 Å². The van der Waals surface area contributed by atoms with Crippen molar-refractivity contribution in [1.29, 1.82) is 0 Å². The molecule has 1 aliphatic rings. The second-order valence-electron chi connectivity index (χ2n) is 4.51. The van der Waals surface area contributed by atoms with E-state index in [2.05, 4.69) is 13.0 Å². The second kappa shape index (κ2) is 5.12. The number of nitrogen functional groups attached to an aromatic ring is 1. The van der Waals surface area contributed by atoms with Crippen molar-refractivity contribution in [3.63, 3.8) is 0 Å². The number of methoxy groups -OCH3 is 1. The molecular formula is C14H18N2O2. The first-order valence-corrected chi connectivity index (χ1v) is 6.00. The molecule has 0 fully saturated rings. The van der Waals surface area contributed by atoms with Gasteiger partial charge < -0.3 is 15.4 Å². The van der Waals surface area contributed by atoms with Gasteiger partial charge in [-0.05, 0) is 31.5 Å². The number of carbonyl (C=O) groups excluding carboxylic acids is 1. The highest BCUT2D eigenvalue weighted by atomic mass is 16.5. The van der Waals surface area contributed by atoms with Crippen LogP contribution < -0.4 is 10.5 Å². The van der Waals surface area contributed by atoms with Crippen LogP contribution in [0, 0.1) is 0 Å². The van der Waals surface area contributed by atoms with Gasteiger partial charge in [0.05, 0.1) is 12.8 Å². The largest absolute Gasteiger partial charge is 0.495 e. The Labute approximate surface area is 107 Å². The van der Waals surface area contributed by atoms with Crippen molar-refractivity contribution in [3.05, 3.63) is 35.4 Å². The lowest BCUT2D eigenvalue weighted by molar-refractivity contribution is 0.0768. The molecule has 0 bridgehead atoms. The maximum atomic E-state index is 12.3. The molecule has 1 heterocycles. The minimum Gasteiger partial charge on any atom is -0.495 e. The predicted octanol–water partition coefficient (Wildman–Crippen LogP) is 2.07. The van der Waals surface area contributed by atoms with E-state index < -0.39 is 0 Å². The molecule has 2 rings (SSSR count). The number of hydrogen-bond acceptors (Lipinski definition) is 3. The molecule has 4 nitrogen and oxygen atoms in total. The van der Waals surface area contributed by atoms with Gasteiger partial charge in [-0.2, -0.15) is 0 Å². The normalized spacial score (nSPS) is 15.2. The van der Waals surface area contributed by atoms with Crippen molar-refractivity contribution in [1.82, 2.24) is 4.90 Å². The van der Waals surface area contributed by atoms with E-state index in [0.29, 0.717) is 23.5 Å². The summed E-state index contributed by atoms with van der Waals surface area (Å²) in [6.45, 7) is 3.54. The van der Waals surface area contributed by atoms with Crippen molar-refractivity contribution in [2.75, 3.05) is 25.9 Å². The van der Waals surface area contributed by atoms with E-state index in [9.17, 15) is 4.79 Å². The number of nitrogens with zero attached hydrogens (tertiary/aromatic N) is 1. The number of rotatable bonds is 2. The molecule has 1 aliphatic heterocycles. The van der Waals surface area contributed by atoms with Gasteiger partial charge >= 0.3 is 0 Å². The first-order chi connectivity index (χ1) is 8.61. The molecule has 0 aliphatic carbocycles. The van der Waals surface area contributed by atoms with Crippen molar-refractivity contribution >= 4 is 11.6 Å². The summed E-state index contributed by atoms with van der Waals surface area (Å²) < 4.78 is 5.13. The zero-order valence-electron chi connectivity index (χ0n) is 10.8. The second-order valence-corrected chi connectivity index (χ2v) is 4.51. The predicted molar refractivity (Wildman–Crippen MR) is 71.7 cm³/mol. The Balaban J connectivity index is 2.19. The van der Waals surface area contributed by atoms with E-state index in [-0.39, 0.29) is 5.91 Å². The van der Waals surface area contributed by atoms with Gasteiger partial charge in [-0.3, -0.25) is 4.79 Å². The topological polar surface area (TPSA) is 55.6 Å². The van der Waals surface area contributed by atoms with Crippen LogP contribution in [0.15, 0.2) is 29.8 Å². The third-order valence-electron chi connectivity index (χ3n) is 3.20. The lowest BCUT2D eigenvalue weighted by atomic mass is 10.1. The van der Waals surface area contributed by atoms with E-state index in [1.54, 1.807) is 25.3 Å². The molecule has 0 aromatic heterocycles. The number of anilines is 1. The summed E-state index contributed by atoms with van der Waals surface area (Å²) in [5.74, 6) is 0.571. The molecule has 4 heteroatoms. The number of benzene rings is 1. The van der Waals surface area contributed by atoms with Gasteiger partial charge in [0.2, 0.25) is 0 Å². The molecular weight excluding hydrogens is 228 g/mol. The zero-order valence-corrected chi connectivity index (χ0v) is 10.8. The molecule has 2 N–H and O–H groups in total. The van der Waals surface area contributed by atoms with E-state index in [1.165, 1.54) is 5.57 Å². The first-order valence-electron chi connectivity index (χ1n) is 6.00. The maximum absolute atomic E-state index is 12.3.